The molecule has 0 radical (unpaired) electrons. The van der Waals surface area contributed by atoms with Crippen molar-refractivity contribution in [1.82, 2.24) is 23.7 Å². The van der Waals surface area contributed by atoms with Crippen LogP contribution < -0.4 is 0 Å². The predicted molar refractivity (Wildman–Crippen MR) is 162 cm³/mol. The molecule has 0 unspecified atom stereocenters. The fourth-order valence-electron chi connectivity index (χ4n) is 5.91. The van der Waals surface area contributed by atoms with Gasteiger partial charge in [0.15, 0.2) is 0 Å². The summed E-state index contributed by atoms with van der Waals surface area (Å²) in [6.07, 6.45) is 3.81. The molecule has 0 bridgehead atoms. The van der Waals surface area contributed by atoms with Crippen LogP contribution in [-0.4, -0.2) is 23.7 Å². The number of nitrogens with zero attached hydrogens (tertiary/aromatic N) is 5. The van der Waals surface area contributed by atoms with E-state index in [4.69, 9.17) is 9.97 Å². The molecule has 4 aromatic heterocycles. The summed E-state index contributed by atoms with van der Waals surface area (Å²) in [4.78, 5) is 10.1. The Bertz CT molecular complexity index is 2250. The third-order valence-electron chi connectivity index (χ3n) is 7.79. The van der Waals surface area contributed by atoms with Crippen molar-refractivity contribution in [2.45, 2.75) is 13.8 Å². The van der Waals surface area contributed by atoms with Crippen LogP contribution in [0, 0.1) is 26.0 Å². The summed E-state index contributed by atoms with van der Waals surface area (Å²) >= 11 is 0. The number of aromatic nitrogens is 5. The monoisotopic (exact) mass is 710 g/mol. The predicted octanol–water partition coefficient (Wildman–Crippen LogP) is 7.89. The van der Waals surface area contributed by atoms with Crippen molar-refractivity contribution in [1.29, 1.82) is 0 Å². The van der Waals surface area contributed by atoms with Crippen LogP contribution in [0.15, 0.2) is 97.3 Å². The first-order valence-electron chi connectivity index (χ1n) is 13.4. The van der Waals surface area contributed by atoms with Gasteiger partial charge in [0.1, 0.15) is 11.3 Å². The van der Waals surface area contributed by atoms with Crippen LogP contribution in [0.2, 0.25) is 0 Å². The molecule has 41 heavy (non-hydrogen) atoms. The Morgan fingerprint density at radius 2 is 1.37 bits per heavy atom. The number of pyridine rings is 1. The molecule has 0 saturated carbocycles. The standard InChI is InChI=1S/C35H25N5.Pt/c1-22-12-14-31-27(18-22)29-21-30-28-19-23(2)13-15-32(28)40(35-36-16-17-38(35)3)34(30)37-33(29)39(31)26-11-7-10-25(20-26)24-8-5-4-6-9-24;/h4-8,10-19,21H,1-3H3;/q-2;+2. The molecule has 0 N–H and O–H groups in total. The van der Waals surface area contributed by atoms with Crippen molar-refractivity contribution >= 4 is 43.9 Å². The molecule has 200 valence electrons. The SMILES string of the molecule is Cc1ccc2c(c1)c1cc3c4cc(C)ccc4n(-c4nccn4C)c3nc1n2-c1[c-]c(-c2[c-]cccc2)ccc1.[Pt+2]. The molecule has 0 aliphatic carbocycles. The Balaban J connectivity index is 0.00000276. The molecule has 0 atom stereocenters. The normalized spacial score (nSPS) is 11.6. The minimum absolute atomic E-state index is 0. The van der Waals surface area contributed by atoms with E-state index in [1.807, 2.05) is 42.2 Å². The zero-order valence-electron chi connectivity index (χ0n) is 22.8. The molecular weight excluding hydrogens is 685 g/mol. The number of benzene rings is 4. The Morgan fingerprint density at radius 3 is 2.02 bits per heavy atom. The molecule has 0 amide bonds. The van der Waals surface area contributed by atoms with Gasteiger partial charge >= 0.3 is 21.1 Å². The zero-order valence-corrected chi connectivity index (χ0v) is 25.1. The van der Waals surface area contributed by atoms with Crippen molar-refractivity contribution in [3.05, 3.63) is 121 Å². The molecule has 0 spiro atoms. The molecule has 5 nitrogen and oxygen atoms in total. The quantitative estimate of drug-likeness (QED) is 0.175. The van der Waals surface area contributed by atoms with Gasteiger partial charge in [-0.1, -0.05) is 23.3 Å². The van der Waals surface area contributed by atoms with Gasteiger partial charge in [-0.2, -0.15) is 42.5 Å². The second-order valence-electron chi connectivity index (χ2n) is 10.5. The number of hydrogen-bond acceptors (Lipinski definition) is 2. The van der Waals surface area contributed by atoms with Crippen LogP contribution in [0.1, 0.15) is 11.1 Å². The van der Waals surface area contributed by atoms with Crippen molar-refractivity contribution in [2.24, 2.45) is 7.05 Å². The summed E-state index contributed by atoms with van der Waals surface area (Å²) in [7, 11) is 2.02. The van der Waals surface area contributed by atoms with E-state index in [9.17, 15) is 0 Å². The van der Waals surface area contributed by atoms with Gasteiger partial charge in [-0.25, -0.2) is 21.1 Å². The summed E-state index contributed by atoms with van der Waals surface area (Å²) in [5, 5.41) is 4.59. The van der Waals surface area contributed by atoms with Crippen LogP contribution in [0.5, 0.6) is 0 Å². The number of fused-ring (bicyclic) bond motifs is 6. The maximum absolute atomic E-state index is 5.43. The van der Waals surface area contributed by atoms with Crippen LogP contribution in [0.25, 0.3) is 66.6 Å². The van der Waals surface area contributed by atoms with Gasteiger partial charge in [-0.3, -0.25) is 4.57 Å². The molecule has 8 rings (SSSR count). The van der Waals surface area contributed by atoms with Crippen LogP contribution in [0.3, 0.4) is 0 Å². The van der Waals surface area contributed by atoms with Gasteiger partial charge in [0, 0.05) is 41.0 Å². The second-order valence-corrected chi connectivity index (χ2v) is 10.5. The average Bonchev–Trinajstić information content (AvgIpc) is 3.63. The van der Waals surface area contributed by atoms with E-state index in [0.717, 1.165) is 55.9 Å². The fraction of sp³-hybridized carbons (Fsp3) is 0.0857. The van der Waals surface area contributed by atoms with Crippen molar-refractivity contribution in [3.8, 4) is 22.8 Å². The minimum atomic E-state index is 0. The van der Waals surface area contributed by atoms with Gasteiger partial charge < -0.3 is 9.13 Å². The third-order valence-corrected chi connectivity index (χ3v) is 7.79. The topological polar surface area (TPSA) is 40.6 Å². The smallest absolute Gasteiger partial charge is 0.320 e. The molecule has 0 saturated heterocycles. The Hall–Kier alpha value is -4.47. The summed E-state index contributed by atoms with van der Waals surface area (Å²) in [6.45, 7) is 4.28. The fourth-order valence-corrected chi connectivity index (χ4v) is 5.91. The van der Waals surface area contributed by atoms with E-state index >= 15 is 0 Å². The second kappa shape index (κ2) is 9.57. The molecule has 6 heteroatoms. The molecule has 0 aliphatic rings. The van der Waals surface area contributed by atoms with E-state index in [2.05, 4.69) is 102 Å². The number of rotatable bonds is 3. The van der Waals surface area contributed by atoms with Gasteiger partial charge in [-0.05, 0) is 49.9 Å². The molecule has 4 aromatic carbocycles. The van der Waals surface area contributed by atoms with Crippen LogP contribution >= 0.6 is 0 Å². The molecule has 4 heterocycles. The van der Waals surface area contributed by atoms with Crippen molar-refractivity contribution < 1.29 is 21.1 Å². The molecular formula is C35H25N5Pt. The van der Waals surface area contributed by atoms with Crippen LogP contribution in [0.4, 0.5) is 0 Å². The largest absolute Gasteiger partial charge is 2.00 e. The van der Waals surface area contributed by atoms with Gasteiger partial charge in [0.05, 0.1) is 11.0 Å². The molecule has 8 aromatic rings. The zero-order chi connectivity index (χ0) is 27.0. The number of imidazole rings is 1. The van der Waals surface area contributed by atoms with E-state index < -0.39 is 0 Å². The molecule has 0 aliphatic heterocycles. The van der Waals surface area contributed by atoms with E-state index in [1.54, 1.807) is 0 Å². The Labute approximate surface area is 252 Å². The van der Waals surface area contributed by atoms with Gasteiger partial charge in [-0.15, -0.1) is 12.1 Å². The first kappa shape index (κ1) is 25.5. The van der Waals surface area contributed by atoms with E-state index in [-0.39, 0.29) is 21.1 Å². The van der Waals surface area contributed by atoms with Crippen molar-refractivity contribution in [3.63, 3.8) is 0 Å². The van der Waals surface area contributed by atoms with E-state index in [0.29, 0.717) is 0 Å². The third kappa shape index (κ3) is 3.87. The number of hydrogen-bond donors (Lipinski definition) is 0. The first-order valence-corrected chi connectivity index (χ1v) is 13.4. The summed E-state index contributed by atoms with van der Waals surface area (Å²) < 4.78 is 6.45. The van der Waals surface area contributed by atoms with Gasteiger partial charge in [0.25, 0.3) is 0 Å². The first-order chi connectivity index (χ1) is 19.6. The molecule has 0 fully saturated rings. The summed E-state index contributed by atoms with van der Waals surface area (Å²) in [6, 6.07) is 36.8. The van der Waals surface area contributed by atoms with Crippen molar-refractivity contribution in [2.75, 3.05) is 0 Å². The number of aryl methyl sites for hydroxylation is 3. The summed E-state index contributed by atoms with van der Waals surface area (Å²) in [5.41, 5.74) is 9.37. The maximum atomic E-state index is 5.43. The van der Waals surface area contributed by atoms with Gasteiger partial charge in [0.2, 0.25) is 5.95 Å². The van der Waals surface area contributed by atoms with Crippen LogP contribution in [-0.2, 0) is 28.1 Å². The average molecular weight is 711 g/mol. The summed E-state index contributed by atoms with van der Waals surface area (Å²) in [5.74, 6) is 0.836. The minimum Gasteiger partial charge on any atom is -0.320 e. The van der Waals surface area contributed by atoms with E-state index in [1.165, 1.54) is 21.9 Å². The Kier molecular flexibility index (Phi) is 5.95. The maximum Gasteiger partial charge on any atom is 2.00 e. The Morgan fingerprint density at radius 1 is 0.683 bits per heavy atom.